The number of nitrogens with zero attached hydrogens (tertiary/aromatic N) is 2. The summed E-state index contributed by atoms with van der Waals surface area (Å²) in [4.78, 5) is 29.3. The molecular formula is C23H26N2O5S. The van der Waals surface area contributed by atoms with Crippen molar-refractivity contribution in [3.63, 3.8) is 0 Å². The maximum Gasteiger partial charge on any atom is 0.326 e. The van der Waals surface area contributed by atoms with Crippen LogP contribution >= 0.6 is 11.3 Å². The van der Waals surface area contributed by atoms with E-state index in [1.54, 1.807) is 35.8 Å². The lowest BCUT2D eigenvalue weighted by Crippen LogP contribution is -2.24. The van der Waals surface area contributed by atoms with Crippen LogP contribution in [0.25, 0.3) is 10.2 Å². The molecular weight excluding hydrogens is 416 g/mol. The lowest BCUT2D eigenvalue weighted by atomic mass is 10.1. The van der Waals surface area contributed by atoms with Gasteiger partial charge in [0.05, 0.1) is 23.4 Å². The maximum atomic E-state index is 12.5. The van der Waals surface area contributed by atoms with Gasteiger partial charge in [-0.3, -0.25) is 9.59 Å². The first kappa shape index (κ1) is 22.6. The summed E-state index contributed by atoms with van der Waals surface area (Å²) >= 11 is 1.36. The Morgan fingerprint density at radius 2 is 1.61 bits per heavy atom. The smallest absolute Gasteiger partial charge is 0.326 e. The molecule has 7 nitrogen and oxygen atoms in total. The van der Waals surface area contributed by atoms with Crippen LogP contribution in [0.4, 0.5) is 0 Å². The highest BCUT2D eigenvalue weighted by Crippen LogP contribution is 2.22. The maximum absolute atomic E-state index is 12.5. The molecule has 0 atom stereocenters. The summed E-state index contributed by atoms with van der Waals surface area (Å²) < 4.78 is 18.7. The van der Waals surface area contributed by atoms with Gasteiger partial charge in [-0.05, 0) is 75.2 Å². The normalized spacial score (nSPS) is 11.5. The number of carbonyl (C=O) groups is 2. The van der Waals surface area contributed by atoms with Gasteiger partial charge < -0.3 is 18.8 Å². The van der Waals surface area contributed by atoms with Crippen LogP contribution in [-0.2, 0) is 20.9 Å². The molecule has 0 N–H and O–H groups in total. The van der Waals surface area contributed by atoms with E-state index in [0.717, 1.165) is 27.1 Å². The van der Waals surface area contributed by atoms with Crippen molar-refractivity contribution in [3.8, 4) is 11.5 Å². The number of benzene rings is 2. The molecule has 0 saturated heterocycles. The molecule has 0 aliphatic heterocycles. The third-order valence-electron chi connectivity index (χ3n) is 4.61. The molecule has 0 fully saturated rings. The zero-order valence-electron chi connectivity index (χ0n) is 18.1. The van der Waals surface area contributed by atoms with Gasteiger partial charge in [-0.1, -0.05) is 11.3 Å². The number of rotatable bonds is 8. The molecule has 0 aliphatic rings. The first-order valence-corrected chi connectivity index (χ1v) is 10.9. The first-order chi connectivity index (χ1) is 14.9. The summed E-state index contributed by atoms with van der Waals surface area (Å²) in [6.07, 6.45) is 0. The quantitative estimate of drug-likeness (QED) is 0.496. The second kappa shape index (κ2) is 10.3. The molecule has 1 amide bonds. The van der Waals surface area contributed by atoms with Crippen molar-refractivity contribution in [2.24, 2.45) is 4.99 Å². The molecule has 0 spiro atoms. The number of aromatic nitrogens is 1. The van der Waals surface area contributed by atoms with E-state index in [1.807, 2.05) is 32.9 Å². The number of ether oxygens (including phenoxy) is 3. The van der Waals surface area contributed by atoms with Crippen molar-refractivity contribution in [3.05, 3.63) is 52.3 Å². The molecule has 2 aromatic carbocycles. The van der Waals surface area contributed by atoms with Crippen LogP contribution in [0.2, 0.25) is 0 Å². The highest BCUT2D eigenvalue weighted by molar-refractivity contribution is 7.16. The van der Waals surface area contributed by atoms with E-state index in [4.69, 9.17) is 14.2 Å². The third-order valence-corrected chi connectivity index (χ3v) is 5.65. The lowest BCUT2D eigenvalue weighted by Gasteiger charge is -2.07. The van der Waals surface area contributed by atoms with Crippen LogP contribution in [0.5, 0.6) is 11.5 Å². The summed E-state index contributed by atoms with van der Waals surface area (Å²) in [6.45, 7) is 8.36. The monoisotopic (exact) mass is 442 g/mol. The van der Waals surface area contributed by atoms with Gasteiger partial charge in [-0.15, -0.1) is 0 Å². The van der Waals surface area contributed by atoms with Gasteiger partial charge in [-0.25, -0.2) is 0 Å². The number of thiazole rings is 1. The van der Waals surface area contributed by atoms with Crippen LogP contribution in [0.15, 0.2) is 41.4 Å². The van der Waals surface area contributed by atoms with Crippen LogP contribution in [0, 0.1) is 13.8 Å². The molecule has 8 heteroatoms. The molecule has 164 valence electrons. The van der Waals surface area contributed by atoms with Crippen LogP contribution < -0.4 is 14.3 Å². The Balaban J connectivity index is 1.85. The SMILES string of the molecule is CCOC(=O)Cn1c(=NC(=O)COc2ccc(OCC)cc2)sc2cc(C)c(C)cc21. The predicted molar refractivity (Wildman–Crippen MR) is 120 cm³/mol. The number of amides is 1. The van der Waals surface area contributed by atoms with Gasteiger partial charge in [0.2, 0.25) is 0 Å². The molecule has 0 unspecified atom stereocenters. The molecule has 31 heavy (non-hydrogen) atoms. The van der Waals surface area contributed by atoms with E-state index < -0.39 is 5.91 Å². The number of esters is 1. The first-order valence-electron chi connectivity index (χ1n) is 10.1. The van der Waals surface area contributed by atoms with Crippen molar-refractivity contribution in [2.75, 3.05) is 19.8 Å². The van der Waals surface area contributed by atoms with Crippen molar-refractivity contribution in [1.82, 2.24) is 4.57 Å². The molecule has 1 aromatic heterocycles. The van der Waals surface area contributed by atoms with Crippen LogP contribution in [0.1, 0.15) is 25.0 Å². The Labute approximate surface area is 184 Å². The largest absolute Gasteiger partial charge is 0.494 e. The van der Waals surface area contributed by atoms with Gasteiger partial charge in [-0.2, -0.15) is 4.99 Å². The minimum Gasteiger partial charge on any atom is -0.494 e. The van der Waals surface area contributed by atoms with E-state index in [1.165, 1.54) is 11.3 Å². The zero-order chi connectivity index (χ0) is 22.4. The van der Waals surface area contributed by atoms with E-state index in [9.17, 15) is 9.59 Å². The van der Waals surface area contributed by atoms with Gasteiger partial charge in [0, 0.05) is 0 Å². The highest BCUT2D eigenvalue weighted by atomic mass is 32.1. The summed E-state index contributed by atoms with van der Waals surface area (Å²) in [6, 6.07) is 11.1. The average Bonchev–Trinajstić information content (AvgIpc) is 3.04. The van der Waals surface area contributed by atoms with Crippen LogP contribution in [0.3, 0.4) is 0 Å². The summed E-state index contributed by atoms with van der Waals surface area (Å²) in [5.41, 5.74) is 3.08. The van der Waals surface area contributed by atoms with Crippen molar-refractivity contribution < 1.29 is 23.8 Å². The Morgan fingerprint density at radius 1 is 0.968 bits per heavy atom. The summed E-state index contributed by atoms with van der Waals surface area (Å²) in [5, 5.41) is 0. The molecule has 0 saturated carbocycles. The fraction of sp³-hybridized carbons (Fsp3) is 0.348. The Kier molecular flexibility index (Phi) is 7.46. The van der Waals surface area contributed by atoms with Gasteiger partial charge >= 0.3 is 5.97 Å². The topological polar surface area (TPSA) is 79.1 Å². The fourth-order valence-electron chi connectivity index (χ4n) is 2.98. The molecule has 0 bridgehead atoms. The average molecular weight is 443 g/mol. The zero-order valence-corrected chi connectivity index (χ0v) is 19.0. The molecule has 0 radical (unpaired) electrons. The fourth-order valence-corrected chi connectivity index (χ4v) is 4.10. The molecule has 0 aliphatic carbocycles. The second-order valence-electron chi connectivity index (χ2n) is 6.88. The molecule has 1 heterocycles. The Hall–Kier alpha value is -3.13. The number of hydrogen-bond donors (Lipinski definition) is 0. The summed E-state index contributed by atoms with van der Waals surface area (Å²) in [5.74, 6) is 0.474. The van der Waals surface area contributed by atoms with E-state index in [-0.39, 0.29) is 19.1 Å². The van der Waals surface area contributed by atoms with Crippen molar-refractivity contribution in [2.45, 2.75) is 34.2 Å². The Morgan fingerprint density at radius 3 is 2.26 bits per heavy atom. The third kappa shape index (κ3) is 5.73. The van der Waals surface area contributed by atoms with E-state index >= 15 is 0 Å². The minimum absolute atomic E-state index is 0.0117. The van der Waals surface area contributed by atoms with Crippen molar-refractivity contribution in [1.29, 1.82) is 0 Å². The lowest BCUT2D eigenvalue weighted by molar-refractivity contribution is -0.143. The molecule has 3 rings (SSSR count). The van der Waals surface area contributed by atoms with Gasteiger partial charge in [0.1, 0.15) is 18.0 Å². The molecule has 3 aromatic rings. The highest BCUT2D eigenvalue weighted by Gasteiger charge is 2.13. The standard InChI is InChI=1S/C23H26N2O5S/c1-5-28-17-7-9-18(10-8-17)30-14-21(26)24-23-25(13-22(27)29-6-2)19-11-15(3)16(4)12-20(19)31-23/h7-12H,5-6,13-14H2,1-4H3. The van der Waals surface area contributed by atoms with Gasteiger partial charge in [0.15, 0.2) is 11.4 Å². The second-order valence-corrected chi connectivity index (χ2v) is 7.89. The van der Waals surface area contributed by atoms with E-state index in [0.29, 0.717) is 23.8 Å². The summed E-state index contributed by atoms with van der Waals surface area (Å²) in [7, 11) is 0. The van der Waals surface area contributed by atoms with Gasteiger partial charge in [0.25, 0.3) is 5.91 Å². The number of aryl methyl sites for hydroxylation is 2. The predicted octanol–water partition coefficient (Wildman–Crippen LogP) is 3.79. The van der Waals surface area contributed by atoms with Crippen LogP contribution in [-0.4, -0.2) is 36.3 Å². The van der Waals surface area contributed by atoms with E-state index in [2.05, 4.69) is 4.99 Å². The Bertz CT molecular complexity index is 1150. The number of fused-ring (bicyclic) bond motifs is 1. The number of hydrogen-bond acceptors (Lipinski definition) is 6. The van der Waals surface area contributed by atoms with Crippen molar-refractivity contribution >= 4 is 33.4 Å². The number of carbonyl (C=O) groups excluding carboxylic acids is 2. The minimum atomic E-state index is -0.438.